The normalized spacial score (nSPS) is 19.4. The van der Waals surface area contributed by atoms with Crippen LogP contribution in [-0.4, -0.2) is 62.3 Å². The summed E-state index contributed by atoms with van der Waals surface area (Å²) in [5, 5.41) is 4.09. The molecule has 0 saturated carbocycles. The number of carbonyl (C=O) groups excluding carboxylic acids is 1. The Labute approximate surface area is 181 Å². The first-order valence-corrected chi connectivity index (χ1v) is 10.4. The molecule has 0 spiro atoms. The second-order valence-corrected chi connectivity index (χ2v) is 7.92. The van der Waals surface area contributed by atoms with Gasteiger partial charge < -0.3 is 9.64 Å². The monoisotopic (exact) mass is 423 g/mol. The van der Waals surface area contributed by atoms with Gasteiger partial charge in [0.05, 0.1) is 5.69 Å². The molecule has 0 radical (unpaired) electrons. The van der Waals surface area contributed by atoms with Crippen molar-refractivity contribution >= 4 is 5.91 Å². The van der Waals surface area contributed by atoms with Gasteiger partial charge in [-0.25, -0.2) is 14.1 Å². The number of aromatic nitrogens is 3. The highest BCUT2D eigenvalue weighted by molar-refractivity contribution is 5.78. The standard InChI is InChI=1S/C23H26FN5O2/c1-17-12-28(18(2)11-27(17)13-19-3-5-20(24)6-4-19)23(30)14-31-22-9-7-21(8-10-22)29-16-25-15-26-29/h3-10,15-18H,11-14H2,1-2H3. The van der Waals surface area contributed by atoms with Crippen LogP contribution in [0.1, 0.15) is 19.4 Å². The number of ether oxygens (including phenoxy) is 1. The van der Waals surface area contributed by atoms with Gasteiger partial charge in [0.2, 0.25) is 0 Å². The molecule has 2 aromatic carbocycles. The van der Waals surface area contributed by atoms with Crippen LogP contribution in [-0.2, 0) is 11.3 Å². The van der Waals surface area contributed by atoms with Gasteiger partial charge in [-0.15, -0.1) is 0 Å². The summed E-state index contributed by atoms with van der Waals surface area (Å²) >= 11 is 0. The minimum atomic E-state index is -0.228. The topological polar surface area (TPSA) is 63.5 Å². The van der Waals surface area contributed by atoms with Crippen molar-refractivity contribution in [3.63, 3.8) is 0 Å². The van der Waals surface area contributed by atoms with Crippen molar-refractivity contribution in [1.82, 2.24) is 24.6 Å². The Balaban J connectivity index is 1.30. The molecule has 31 heavy (non-hydrogen) atoms. The Hall–Kier alpha value is -3.26. The van der Waals surface area contributed by atoms with Crippen molar-refractivity contribution in [2.75, 3.05) is 19.7 Å². The van der Waals surface area contributed by atoms with Gasteiger partial charge in [0.15, 0.2) is 6.61 Å². The molecule has 2 heterocycles. The number of nitrogens with zero attached hydrogens (tertiary/aromatic N) is 5. The van der Waals surface area contributed by atoms with Crippen molar-refractivity contribution in [2.24, 2.45) is 0 Å². The SMILES string of the molecule is CC1CN(C(=O)COc2ccc(-n3cncn3)cc2)C(C)CN1Cc1ccc(F)cc1. The molecule has 1 aliphatic heterocycles. The van der Waals surface area contributed by atoms with Gasteiger partial charge in [0.25, 0.3) is 5.91 Å². The molecule has 0 aliphatic carbocycles. The van der Waals surface area contributed by atoms with Crippen molar-refractivity contribution in [2.45, 2.75) is 32.5 Å². The fourth-order valence-corrected chi connectivity index (χ4v) is 3.85. The van der Waals surface area contributed by atoms with Gasteiger partial charge in [-0.3, -0.25) is 9.69 Å². The van der Waals surface area contributed by atoms with Gasteiger partial charge in [-0.05, 0) is 55.8 Å². The molecular weight excluding hydrogens is 397 g/mol. The lowest BCUT2D eigenvalue weighted by Gasteiger charge is -2.44. The van der Waals surface area contributed by atoms with E-state index >= 15 is 0 Å². The third kappa shape index (κ3) is 5.08. The summed E-state index contributed by atoms with van der Waals surface area (Å²) < 4.78 is 20.5. The van der Waals surface area contributed by atoms with Gasteiger partial charge in [0.1, 0.15) is 24.2 Å². The molecule has 1 aromatic heterocycles. The van der Waals surface area contributed by atoms with E-state index in [1.807, 2.05) is 48.2 Å². The fraction of sp³-hybridized carbons (Fsp3) is 0.348. The molecule has 8 heteroatoms. The van der Waals surface area contributed by atoms with E-state index in [1.54, 1.807) is 11.0 Å². The molecule has 1 saturated heterocycles. The molecule has 0 bridgehead atoms. The molecule has 4 rings (SSSR count). The van der Waals surface area contributed by atoms with Crippen LogP contribution in [0.3, 0.4) is 0 Å². The number of hydrogen-bond acceptors (Lipinski definition) is 5. The molecular formula is C23H26FN5O2. The largest absolute Gasteiger partial charge is 0.484 e. The van der Waals surface area contributed by atoms with Crippen molar-refractivity contribution in [3.8, 4) is 11.4 Å². The maximum Gasteiger partial charge on any atom is 0.260 e. The predicted octanol–water partition coefficient (Wildman–Crippen LogP) is 2.91. The molecule has 162 valence electrons. The Kier molecular flexibility index (Phi) is 6.27. The van der Waals surface area contributed by atoms with Gasteiger partial charge in [-0.2, -0.15) is 5.10 Å². The van der Waals surface area contributed by atoms with Crippen LogP contribution in [0.5, 0.6) is 5.75 Å². The van der Waals surface area contributed by atoms with Crippen molar-refractivity contribution < 1.29 is 13.9 Å². The number of amides is 1. The summed E-state index contributed by atoms with van der Waals surface area (Å²) in [5.41, 5.74) is 1.94. The Morgan fingerprint density at radius 3 is 2.48 bits per heavy atom. The lowest BCUT2D eigenvalue weighted by atomic mass is 10.1. The number of piperazine rings is 1. The van der Waals surface area contributed by atoms with Crippen LogP contribution in [0.2, 0.25) is 0 Å². The lowest BCUT2D eigenvalue weighted by molar-refractivity contribution is -0.139. The third-order valence-corrected chi connectivity index (χ3v) is 5.62. The number of hydrogen-bond donors (Lipinski definition) is 0. The zero-order valence-electron chi connectivity index (χ0n) is 17.7. The molecule has 1 amide bonds. The molecule has 0 N–H and O–H groups in total. The summed E-state index contributed by atoms with van der Waals surface area (Å²) in [7, 11) is 0. The second kappa shape index (κ2) is 9.26. The second-order valence-electron chi connectivity index (χ2n) is 7.92. The lowest BCUT2D eigenvalue weighted by Crippen LogP contribution is -2.58. The van der Waals surface area contributed by atoms with E-state index in [2.05, 4.69) is 21.9 Å². The zero-order chi connectivity index (χ0) is 21.8. The average Bonchev–Trinajstić information content (AvgIpc) is 3.31. The molecule has 3 aromatic rings. The van der Waals surface area contributed by atoms with Crippen LogP contribution < -0.4 is 4.74 Å². The van der Waals surface area contributed by atoms with Gasteiger partial charge in [-0.1, -0.05) is 12.1 Å². The van der Waals surface area contributed by atoms with Crippen LogP contribution >= 0.6 is 0 Å². The van der Waals surface area contributed by atoms with E-state index in [0.717, 1.165) is 24.3 Å². The maximum absolute atomic E-state index is 13.1. The highest BCUT2D eigenvalue weighted by Crippen LogP contribution is 2.20. The zero-order valence-corrected chi connectivity index (χ0v) is 17.7. The molecule has 1 aliphatic rings. The molecule has 7 nitrogen and oxygen atoms in total. The summed E-state index contributed by atoms with van der Waals surface area (Å²) in [5.74, 6) is 0.377. The smallest absolute Gasteiger partial charge is 0.260 e. The number of rotatable bonds is 6. The minimum absolute atomic E-state index is 0.00229. The van der Waals surface area contributed by atoms with Crippen molar-refractivity contribution in [3.05, 3.63) is 72.6 Å². The van der Waals surface area contributed by atoms with E-state index in [9.17, 15) is 9.18 Å². The summed E-state index contributed by atoms with van der Waals surface area (Å²) in [6.45, 7) is 6.29. The van der Waals surface area contributed by atoms with E-state index < -0.39 is 0 Å². The third-order valence-electron chi connectivity index (χ3n) is 5.62. The molecule has 1 fully saturated rings. The number of benzene rings is 2. The Bertz CT molecular complexity index is 992. The Morgan fingerprint density at radius 2 is 1.81 bits per heavy atom. The van der Waals surface area contributed by atoms with Crippen LogP contribution in [0.4, 0.5) is 4.39 Å². The predicted molar refractivity (Wildman–Crippen MR) is 114 cm³/mol. The number of halogens is 1. The van der Waals surface area contributed by atoms with E-state index in [4.69, 9.17) is 4.74 Å². The maximum atomic E-state index is 13.1. The van der Waals surface area contributed by atoms with E-state index in [1.165, 1.54) is 18.5 Å². The van der Waals surface area contributed by atoms with E-state index in [-0.39, 0.29) is 30.4 Å². The molecule has 2 unspecified atom stereocenters. The highest BCUT2D eigenvalue weighted by Gasteiger charge is 2.32. The highest BCUT2D eigenvalue weighted by atomic mass is 19.1. The first-order chi connectivity index (χ1) is 15.0. The number of carbonyl (C=O) groups is 1. The molecule has 2 atom stereocenters. The first kappa shape index (κ1) is 21.0. The fourth-order valence-electron chi connectivity index (χ4n) is 3.85. The summed E-state index contributed by atoms with van der Waals surface area (Å²) in [6, 6.07) is 14.2. The van der Waals surface area contributed by atoms with Crippen LogP contribution in [0.25, 0.3) is 5.69 Å². The minimum Gasteiger partial charge on any atom is -0.484 e. The average molecular weight is 423 g/mol. The summed E-state index contributed by atoms with van der Waals surface area (Å²) in [6.07, 6.45) is 3.10. The van der Waals surface area contributed by atoms with Crippen LogP contribution in [0.15, 0.2) is 61.2 Å². The van der Waals surface area contributed by atoms with E-state index in [0.29, 0.717) is 12.3 Å². The van der Waals surface area contributed by atoms with Gasteiger partial charge in [0, 0.05) is 31.7 Å². The van der Waals surface area contributed by atoms with Gasteiger partial charge >= 0.3 is 0 Å². The van der Waals surface area contributed by atoms with Crippen molar-refractivity contribution in [1.29, 1.82) is 0 Å². The Morgan fingerprint density at radius 1 is 1.06 bits per heavy atom. The summed E-state index contributed by atoms with van der Waals surface area (Å²) in [4.78, 5) is 20.9. The van der Waals surface area contributed by atoms with Crippen LogP contribution in [0, 0.1) is 5.82 Å². The quantitative estimate of drug-likeness (QED) is 0.610. The first-order valence-electron chi connectivity index (χ1n) is 10.4.